The molecule has 0 amide bonds. The Kier molecular flexibility index (Phi) is 4.96. The summed E-state index contributed by atoms with van der Waals surface area (Å²) in [5.74, 6) is 0. The first-order valence-electron chi connectivity index (χ1n) is 7.63. The molecule has 1 N–H and O–H groups in total. The number of hydrogen-bond donors (Lipinski definition) is 1. The molecule has 3 aromatic rings. The molecule has 2 nitrogen and oxygen atoms in total. The molecule has 0 fully saturated rings. The maximum Gasteiger partial charge on any atom is 0.0363 e. The minimum atomic E-state index is 0.303. The first-order valence-corrected chi connectivity index (χ1v) is 7.63. The van der Waals surface area contributed by atoms with Crippen molar-refractivity contribution < 1.29 is 0 Å². The zero-order valence-corrected chi connectivity index (χ0v) is 12.5. The first kappa shape index (κ1) is 14.5. The van der Waals surface area contributed by atoms with Crippen molar-refractivity contribution in [2.45, 2.75) is 19.0 Å². The van der Waals surface area contributed by atoms with Crippen molar-refractivity contribution in [3.63, 3.8) is 0 Å². The molecule has 1 aromatic heterocycles. The number of hydrogen-bond acceptors (Lipinski definition) is 2. The molecule has 1 heterocycles. The second-order valence-electron chi connectivity index (χ2n) is 5.39. The predicted molar refractivity (Wildman–Crippen MR) is 90.4 cm³/mol. The van der Waals surface area contributed by atoms with Crippen molar-refractivity contribution in [3.05, 3.63) is 102 Å². The SMILES string of the molecule is c1ccc(CC(NCc2ccncc2)c2ccccc2)cc1. The molecule has 0 radical (unpaired) electrons. The van der Waals surface area contributed by atoms with Crippen molar-refractivity contribution >= 4 is 0 Å². The predicted octanol–water partition coefficient (Wildman–Crippen LogP) is 4.16. The van der Waals surface area contributed by atoms with Gasteiger partial charge in [-0.25, -0.2) is 0 Å². The van der Waals surface area contributed by atoms with E-state index in [-0.39, 0.29) is 0 Å². The summed E-state index contributed by atoms with van der Waals surface area (Å²) in [4.78, 5) is 4.07. The van der Waals surface area contributed by atoms with Crippen LogP contribution in [0.25, 0.3) is 0 Å². The van der Waals surface area contributed by atoms with Gasteiger partial charge in [0.15, 0.2) is 0 Å². The van der Waals surface area contributed by atoms with Crippen molar-refractivity contribution in [2.75, 3.05) is 0 Å². The van der Waals surface area contributed by atoms with Gasteiger partial charge in [0.2, 0.25) is 0 Å². The fraction of sp³-hybridized carbons (Fsp3) is 0.150. The average Bonchev–Trinajstić information content (AvgIpc) is 2.61. The van der Waals surface area contributed by atoms with E-state index in [2.05, 4.69) is 83.1 Å². The molecule has 1 unspecified atom stereocenters. The fourth-order valence-corrected chi connectivity index (χ4v) is 2.58. The average molecular weight is 288 g/mol. The van der Waals surface area contributed by atoms with E-state index in [4.69, 9.17) is 0 Å². The second-order valence-corrected chi connectivity index (χ2v) is 5.39. The molecule has 22 heavy (non-hydrogen) atoms. The number of aromatic nitrogens is 1. The Morgan fingerprint density at radius 2 is 1.36 bits per heavy atom. The summed E-state index contributed by atoms with van der Waals surface area (Å²) in [6.07, 6.45) is 4.66. The smallest absolute Gasteiger partial charge is 0.0363 e. The summed E-state index contributed by atoms with van der Waals surface area (Å²) in [6.45, 7) is 0.842. The molecule has 0 aliphatic rings. The molecule has 110 valence electrons. The molecule has 0 aliphatic heterocycles. The minimum absolute atomic E-state index is 0.303. The third-order valence-corrected chi connectivity index (χ3v) is 3.79. The molecular formula is C20H20N2. The van der Waals surface area contributed by atoms with Crippen LogP contribution in [0.15, 0.2) is 85.2 Å². The zero-order valence-electron chi connectivity index (χ0n) is 12.5. The van der Waals surface area contributed by atoms with Gasteiger partial charge < -0.3 is 5.32 Å². The van der Waals surface area contributed by atoms with Crippen LogP contribution in [-0.4, -0.2) is 4.98 Å². The molecule has 1 atom stereocenters. The molecule has 0 bridgehead atoms. The van der Waals surface area contributed by atoms with Crippen molar-refractivity contribution in [3.8, 4) is 0 Å². The number of nitrogens with one attached hydrogen (secondary N) is 1. The summed E-state index contributed by atoms with van der Waals surface area (Å²) in [5, 5.41) is 3.67. The number of rotatable bonds is 6. The standard InChI is InChI=1S/C20H20N2/c1-3-7-17(8-4-1)15-20(19-9-5-2-6-10-19)22-16-18-11-13-21-14-12-18/h1-14,20,22H,15-16H2. The highest BCUT2D eigenvalue weighted by atomic mass is 14.9. The van der Waals surface area contributed by atoms with Crippen LogP contribution in [0.1, 0.15) is 22.7 Å². The van der Waals surface area contributed by atoms with E-state index >= 15 is 0 Å². The molecule has 3 rings (SSSR count). The van der Waals surface area contributed by atoms with Crippen LogP contribution in [0, 0.1) is 0 Å². The molecule has 0 saturated carbocycles. The molecule has 0 aliphatic carbocycles. The Hall–Kier alpha value is -2.45. The minimum Gasteiger partial charge on any atom is -0.306 e. The fourth-order valence-electron chi connectivity index (χ4n) is 2.58. The zero-order chi connectivity index (χ0) is 15.0. The van der Waals surface area contributed by atoms with Crippen molar-refractivity contribution in [1.82, 2.24) is 10.3 Å². The van der Waals surface area contributed by atoms with Gasteiger partial charge in [0.1, 0.15) is 0 Å². The van der Waals surface area contributed by atoms with Gasteiger partial charge in [-0.2, -0.15) is 0 Å². The maximum absolute atomic E-state index is 4.07. The van der Waals surface area contributed by atoms with E-state index in [0.717, 1.165) is 13.0 Å². The summed E-state index contributed by atoms with van der Waals surface area (Å²) in [6, 6.07) is 25.7. The van der Waals surface area contributed by atoms with Gasteiger partial charge in [-0.05, 0) is 35.2 Å². The Labute approximate surface area is 131 Å². The molecule has 2 aromatic carbocycles. The van der Waals surface area contributed by atoms with E-state index in [1.807, 2.05) is 12.4 Å². The van der Waals surface area contributed by atoms with Gasteiger partial charge in [0.25, 0.3) is 0 Å². The lowest BCUT2D eigenvalue weighted by atomic mass is 9.98. The molecule has 2 heteroatoms. The van der Waals surface area contributed by atoms with Crippen LogP contribution < -0.4 is 5.32 Å². The quantitative estimate of drug-likeness (QED) is 0.737. The third kappa shape index (κ3) is 4.03. The van der Waals surface area contributed by atoms with Crippen molar-refractivity contribution in [1.29, 1.82) is 0 Å². The second kappa shape index (κ2) is 7.53. The molecule has 0 spiro atoms. The van der Waals surface area contributed by atoms with Gasteiger partial charge in [0, 0.05) is 25.0 Å². The molecule has 0 saturated heterocycles. The van der Waals surface area contributed by atoms with Crippen LogP contribution in [0.2, 0.25) is 0 Å². The normalized spacial score (nSPS) is 12.0. The Balaban J connectivity index is 1.74. The van der Waals surface area contributed by atoms with E-state index < -0.39 is 0 Å². The number of nitrogens with zero attached hydrogens (tertiary/aromatic N) is 1. The van der Waals surface area contributed by atoms with Gasteiger partial charge in [0.05, 0.1) is 0 Å². The van der Waals surface area contributed by atoms with E-state index in [1.54, 1.807) is 0 Å². The lowest BCUT2D eigenvalue weighted by Crippen LogP contribution is -2.23. The molecular weight excluding hydrogens is 268 g/mol. The van der Waals surface area contributed by atoms with Crippen LogP contribution >= 0.6 is 0 Å². The maximum atomic E-state index is 4.07. The van der Waals surface area contributed by atoms with Gasteiger partial charge >= 0.3 is 0 Å². The van der Waals surface area contributed by atoms with Gasteiger partial charge in [-0.3, -0.25) is 4.98 Å². The summed E-state index contributed by atoms with van der Waals surface area (Å²) in [7, 11) is 0. The van der Waals surface area contributed by atoms with Gasteiger partial charge in [-0.1, -0.05) is 60.7 Å². The summed E-state index contributed by atoms with van der Waals surface area (Å²) >= 11 is 0. The highest BCUT2D eigenvalue weighted by Crippen LogP contribution is 2.19. The summed E-state index contributed by atoms with van der Waals surface area (Å²) in [5.41, 5.74) is 3.92. The van der Waals surface area contributed by atoms with Gasteiger partial charge in [-0.15, -0.1) is 0 Å². The third-order valence-electron chi connectivity index (χ3n) is 3.79. The first-order chi connectivity index (χ1) is 10.9. The van der Waals surface area contributed by atoms with Crippen LogP contribution in [0.3, 0.4) is 0 Å². The Bertz CT molecular complexity index is 666. The summed E-state index contributed by atoms with van der Waals surface area (Å²) < 4.78 is 0. The largest absolute Gasteiger partial charge is 0.306 e. The van der Waals surface area contributed by atoms with Crippen LogP contribution in [-0.2, 0) is 13.0 Å². The lowest BCUT2D eigenvalue weighted by Gasteiger charge is -2.19. The topological polar surface area (TPSA) is 24.9 Å². The Morgan fingerprint density at radius 3 is 2.05 bits per heavy atom. The van der Waals surface area contributed by atoms with E-state index in [0.29, 0.717) is 6.04 Å². The lowest BCUT2D eigenvalue weighted by molar-refractivity contribution is 0.530. The highest BCUT2D eigenvalue weighted by molar-refractivity contribution is 5.24. The van der Waals surface area contributed by atoms with Crippen LogP contribution in [0.4, 0.5) is 0 Å². The van der Waals surface area contributed by atoms with Crippen molar-refractivity contribution in [2.24, 2.45) is 0 Å². The Morgan fingerprint density at radius 1 is 0.727 bits per heavy atom. The van der Waals surface area contributed by atoms with Crippen LogP contribution in [0.5, 0.6) is 0 Å². The number of benzene rings is 2. The van der Waals surface area contributed by atoms with E-state index in [9.17, 15) is 0 Å². The van der Waals surface area contributed by atoms with E-state index in [1.165, 1.54) is 16.7 Å². The number of pyridine rings is 1. The highest BCUT2D eigenvalue weighted by Gasteiger charge is 2.11. The monoisotopic (exact) mass is 288 g/mol.